The third kappa shape index (κ3) is 4.80. The van der Waals surface area contributed by atoms with Crippen LogP contribution in [0.1, 0.15) is 51.1 Å². The first kappa shape index (κ1) is 16.5. The predicted octanol–water partition coefficient (Wildman–Crippen LogP) is 2.79. The quantitative estimate of drug-likeness (QED) is 0.908. The Bertz CT molecular complexity index is 480. The fraction of sp³-hybridized carbons (Fsp3) is 0.778. The van der Waals surface area contributed by atoms with Crippen molar-refractivity contribution in [3.8, 4) is 0 Å². The van der Waals surface area contributed by atoms with E-state index in [1.807, 2.05) is 6.07 Å². The largest absolute Gasteiger partial charge is 0.378 e. The normalized spacial score (nSPS) is 26.4. The molecule has 0 radical (unpaired) electrons. The van der Waals surface area contributed by atoms with Crippen molar-refractivity contribution in [1.29, 1.82) is 0 Å². The van der Waals surface area contributed by atoms with Crippen molar-refractivity contribution < 1.29 is 9.53 Å². The molecule has 2 atom stereocenters. The maximum atomic E-state index is 12.4. The fourth-order valence-electron chi connectivity index (χ4n) is 3.75. The van der Waals surface area contributed by atoms with Crippen molar-refractivity contribution in [3.63, 3.8) is 0 Å². The molecule has 1 amide bonds. The predicted molar refractivity (Wildman–Crippen MR) is 89.0 cm³/mol. The number of aromatic amines is 1. The number of hydrogen-bond acceptors (Lipinski definition) is 3. The highest BCUT2D eigenvalue weighted by atomic mass is 16.5. The number of rotatable bonds is 5. The lowest BCUT2D eigenvalue weighted by Gasteiger charge is -2.32. The molecular weight excluding hydrogens is 290 g/mol. The van der Waals surface area contributed by atoms with E-state index in [2.05, 4.69) is 22.0 Å². The van der Waals surface area contributed by atoms with Crippen molar-refractivity contribution >= 4 is 5.91 Å². The van der Waals surface area contributed by atoms with Gasteiger partial charge in [0.05, 0.1) is 6.10 Å². The van der Waals surface area contributed by atoms with Gasteiger partial charge in [-0.15, -0.1) is 0 Å². The van der Waals surface area contributed by atoms with Crippen LogP contribution in [0, 0.1) is 11.8 Å². The summed E-state index contributed by atoms with van der Waals surface area (Å²) in [7, 11) is 0. The molecule has 5 heteroatoms. The lowest BCUT2D eigenvalue weighted by molar-refractivity contribution is -0.133. The Morgan fingerprint density at radius 3 is 2.96 bits per heavy atom. The first-order valence-corrected chi connectivity index (χ1v) is 9.08. The van der Waals surface area contributed by atoms with Crippen LogP contribution in [0.2, 0.25) is 0 Å². The minimum atomic E-state index is 0.264. The molecule has 0 aliphatic carbocycles. The SMILES string of the molecule is CC1CCN(C(=O)CCC2CCOC(Cc3ccn[nH]3)C2)CC1. The third-order valence-electron chi connectivity index (χ3n) is 5.38. The van der Waals surface area contributed by atoms with Gasteiger partial charge in [-0.05, 0) is 50.0 Å². The van der Waals surface area contributed by atoms with Gasteiger partial charge in [0.25, 0.3) is 0 Å². The Balaban J connectivity index is 1.40. The molecule has 3 heterocycles. The summed E-state index contributed by atoms with van der Waals surface area (Å²) in [6, 6.07) is 2.01. The first-order chi connectivity index (χ1) is 11.2. The monoisotopic (exact) mass is 319 g/mol. The summed E-state index contributed by atoms with van der Waals surface area (Å²) in [4.78, 5) is 14.4. The molecule has 128 valence electrons. The van der Waals surface area contributed by atoms with Crippen molar-refractivity contribution in [2.24, 2.45) is 11.8 Å². The molecule has 2 aliphatic rings. The van der Waals surface area contributed by atoms with Gasteiger partial charge in [0.1, 0.15) is 0 Å². The number of H-pyrrole nitrogens is 1. The number of nitrogens with zero attached hydrogens (tertiary/aromatic N) is 2. The number of hydrogen-bond donors (Lipinski definition) is 1. The van der Waals surface area contributed by atoms with Gasteiger partial charge in [0.2, 0.25) is 5.91 Å². The topological polar surface area (TPSA) is 58.2 Å². The zero-order chi connectivity index (χ0) is 16.1. The number of carbonyl (C=O) groups is 1. The second-order valence-corrected chi connectivity index (χ2v) is 7.27. The minimum absolute atomic E-state index is 0.264. The Hall–Kier alpha value is -1.36. The zero-order valence-corrected chi connectivity index (χ0v) is 14.2. The zero-order valence-electron chi connectivity index (χ0n) is 14.2. The molecule has 2 unspecified atom stereocenters. The van der Waals surface area contributed by atoms with Gasteiger partial charge in [-0.2, -0.15) is 5.10 Å². The van der Waals surface area contributed by atoms with Gasteiger partial charge in [-0.25, -0.2) is 0 Å². The summed E-state index contributed by atoms with van der Waals surface area (Å²) < 4.78 is 5.87. The summed E-state index contributed by atoms with van der Waals surface area (Å²) >= 11 is 0. The first-order valence-electron chi connectivity index (χ1n) is 9.08. The third-order valence-corrected chi connectivity index (χ3v) is 5.38. The highest BCUT2D eigenvalue weighted by Gasteiger charge is 2.25. The van der Waals surface area contributed by atoms with Crippen molar-refractivity contribution in [2.45, 2.75) is 58.0 Å². The Labute approximate surface area is 138 Å². The molecule has 1 N–H and O–H groups in total. The smallest absolute Gasteiger partial charge is 0.222 e. The number of amides is 1. The molecule has 1 aromatic heterocycles. The van der Waals surface area contributed by atoms with Gasteiger partial charge in [0, 0.05) is 44.4 Å². The Kier molecular flexibility index (Phi) is 5.70. The van der Waals surface area contributed by atoms with E-state index >= 15 is 0 Å². The summed E-state index contributed by atoms with van der Waals surface area (Å²) in [5.74, 6) is 1.75. The molecule has 0 aromatic carbocycles. The average molecular weight is 319 g/mol. The van der Waals surface area contributed by atoms with Crippen LogP contribution in [-0.2, 0) is 16.0 Å². The number of aromatic nitrogens is 2. The van der Waals surface area contributed by atoms with E-state index in [-0.39, 0.29) is 6.10 Å². The number of ether oxygens (including phenoxy) is 1. The summed E-state index contributed by atoms with van der Waals surface area (Å²) in [5.41, 5.74) is 1.13. The van der Waals surface area contributed by atoms with Crippen LogP contribution in [-0.4, -0.2) is 46.8 Å². The Morgan fingerprint density at radius 2 is 2.22 bits per heavy atom. The van der Waals surface area contributed by atoms with E-state index in [4.69, 9.17) is 4.74 Å². The molecule has 0 spiro atoms. The molecule has 2 fully saturated rings. The van der Waals surface area contributed by atoms with Crippen LogP contribution in [0.25, 0.3) is 0 Å². The van der Waals surface area contributed by atoms with Crippen LogP contribution in [0.5, 0.6) is 0 Å². The van der Waals surface area contributed by atoms with Gasteiger partial charge in [0.15, 0.2) is 0 Å². The van der Waals surface area contributed by atoms with Crippen molar-refractivity contribution in [2.75, 3.05) is 19.7 Å². The van der Waals surface area contributed by atoms with E-state index in [0.717, 1.165) is 69.8 Å². The highest BCUT2D eigenvalue weighted by Crippen LogP contribution is 2.27. The van der Waals surface area contributed by atoms with Gasteiger partial charge in [-0.3, -0.25) is 9.89 Å². The van der Waals surface area contributed by atoms with Gasteiger partial charge < -0.3 is 9.64 Å². The molecule has 3 rings (SSSR count). The van der Waals surface area contributed by atoms with Crippen LogP contribution >= 0.6 is 0 Å². The number of piperidine rings is 1. The van der Waals surface area contributed by atoms with Gasteiger partial charge in [-0.1, -0.05) is 6.92 Å². The van der Waals surface area contributed by atoms with E-state index in [9.17, 15) is 4.79 Å². The lowest BCUT2D eigenvalue weighted by Crippen LogP contribution is -2.38. The van der Waals surface area contributed by atoms with Crippen molar-refractivity contribution in [1.82, 2.24) is 15.1 Å². The number of carbonyl (C=O) groups excluding carboxylic acids is 1. The van der Waals surface area contributed by atoms with E-state index in [0.29, 0.717) is 18.2 Å². The van der Waals surface area contributed by atoms with E-state index < -0.39 is 0 Å². The van der Waals surface area contributed by atoms with E-state index in [1.54, 1.807) is 6.20 Å². The standard InChI is InChI=1S/C18H29N3O2/c1-14-5-9-21(10-6-14)18(22)3-2-15-7-11-23-17(12-15)13-16-4-8-19-20-16/h4,8,14-15,17H,2-3,5-7,9-13H2,1H3,(H,19,20). The van der Waals surface area contributed by atoms with E-state index in [1.165, 1.54) is 0 Å². The summed E-state index contributed by atoms with van der Waals surface area (Å²) in [5, 5.41) is 7.00. The molecule has 5 nitrogen and oxygen atoms in total. The van der Waals surface area contributed by atoms with Crippen LogP contribution in [0.4, 0.5) is 0 Å². The van der Waals surface area contributed by atoms with Crippen molar-refractivity contribution in [3.05, 3.63) is 18.0 Å². The molecule has 23 heavy (non-hydrogen) atoms. The second-order valence-electron chi connectivity index (χ2n) is 7.27. The fourth-order valence-corrected chi connectivity index (χ4v) is 3.75. The Morgan fingerprint density at radius 1 is 1.39 bits per heavy atom. The average Bonchev–Trinajstić information content (AvgIpc) is 3.07. The summed E-state index contributed by atoms with van der Waals surface area (Å²) in [6.07, 6.45) is 9.13. The molecule has 2 saturated heterocycles. The van der Waals surface area contributed by atoms with Crippen LogP contribution < -0.4 is 0 Å². The second kappa shape index (κ2) is 7.95. The maximum Gasteiger partial charge on any atom is 0.222 e. The van der Waals surface area contributed by atoms with Crippen LogP contribution in [0.15, 0.2) is 12.3 Å². The molecule has 1 aromatic rings. The number of likely N-dealkylation sites (tertiary alicyclic amines) is 1. The molecule has 0 bridgehead atoms. The van der Waals surface area contributed by atoms with Crippen LogP contribution in [0.3, 0.4) is 0 Å². The highest BCUT2D eigenvalue weighted by molar-refractivity contribution is 5.76. The summed E-state index contributed by atoms with van der Waals surface area (Å²) in [6.45, 7) is 5.01. The molecular formula is C18H29N3O2. The maximum absolute atomic E-state index is 12.4. The van der Waals surface area contributed by atoms with Gasteiger partial charge >= 0.3 is 0 Å². The molecule has 2 aliphatic heterocycles. The lowest BCUT2D eigenvalue weighted by atomic mass is 9.89. The molecule has 0 saturated carbocycles. The number of nitrogens with one attached hydrogen (secondary N) is 1. The minimum Gasteiger partial charge on any atom is -0.378 e.